The second-order valence-corrected chi connectivity index (χ2v) is 6.12. The molecule has 0 saturated heterocycles. The molecule has 1 aromatic rings. The summed E-state index contributed by atoms with van der Waals surface area (Å²) >= 11 is 3.10. The Hall–Kier alpha value is -0.790. The van der Waals surface area contributed by atoms with E-state index in [1.54, 1.807) is 0 Å². The first-order valence-corrected chi connectivity index (χ1v) is 7.04. The number of halogens is 2. The molecule has 8 heteroatoms. The molecule has 0 heterocycles. The Morgan fingerprint density at radius 2 is 2.12 bits per heavy atom. The van der Waals surface area contributed by atoms with Gasteiger partial charge in [-0.1, -0.05) is 0 Å². The lowest BCUT2D eigenvalue weighted by molar-refractivity contribution is 0.187. The van der Waals surface area contributed by atoms with E-state index in [1.807, 2.05) is 0 Å². The Morgan fingerprint density at radius 1 is 1.50 bits per heavy atom. The normalized spacial score (nSPS) is 10.9. The Kier molecular flexibility index (Phi) is 4.17. The van der Waals surface area contributed by atoms with Crippen LogP contribution in [0.25, 0.3) is 0 Å². The maximum Gasteiger partial charge on any atom is 0.411 e. The Bertz CT molecular complexity index is 517. The van der Waals surface area contributed by atoms with E-state index in [4.69, 9.17) is 10.7 Å². The molecular weight excluding hydrogens is 322 g/mol. The number of ether oxygens (including phenoxy) is 1. The van der Waals surface area contributed by atoms with Gasteiger partial charge in [0, 0.05) is 15.2 Å². The molecule has 88 valence electrons. The molecule has 0 aliphatic heterocycles. The predicted molar refractivity (Wildman–Crippen MR) is 63.2 cm³/mol. The van der Waals surface area contributed by atoms with Crippen molar-refractivity contribution in [2.75, 3.05) is 12.4 Å². The van der Waals surface area contributed by atoms with Crippen molar-refractivity contribution < 1.29 is 17.9 Å². The average Bonchev–Trinajstić information content (AvgIpc) is 2.19. The van der Waals surface area contributed by atoms with Gasteiger partial charge in [-0.3, -0.25) is 5.32 Å². The van der Waals surface area contributed by atoms with Gasteiger partial charge in [0.15, 0.2) is 0 Å². The fourth-order valence-electron chi connectivity index (χ4n) is 0.910. The van der Waals surface area contributed by atoms with E-state index in [2.05, 4.69) is 26.0 Å². The predicted octanol–water partition coefficient (Wildman–Crippen LogP) is 2.55. The summed E-state index contributed by atoms with van der Waals surface area (Å²) in [7, 11) is 2.60. The highest BCUT2D eigenvalue weighted by Crippen LogP contribution is 2.27. The molecular formula is C8H7BrClNO4S. The minimum Gasteiger partial charge on any atom is -0.453 e. The number of hydrogen-bond donors (Lipinski definition) is 1. The molecule has 16 heavy (non-hydrogen) atoms. The number of carbonyl (C=O) groups is 1. The molecule has 1 rings (SSSR count). The van der Waals surface area contributed by atoms with Crippen LogP contribution in [0.1, 0.15) is 0 Å². The van der Waals surface area contributed by atoms with Gasteiger partial charge >= 0.3 is 6.09 Å². The number of carbonyl (C=O) groups excluding carboxylic acids is 1. The van der Waals surface area contributed by atoms with Gasteiger partial charge < -0.3 is 4.74 Å². The highest BCUT2D eigenvalue weighted by atomic mass is 79.9. The first-order valence-electron chi connectivity index (χ1n) is 3.94. The van der Waals surface area contributed by atoms with E-state index in [0.717, 1.165) is 0 Å². The Morgan fingerprint density at radius 3 is 2.56 bits per heavy atom. The van der Waals surface area contributed by atoms with Gasteiger partial charge in [-0.15, -0.1) is 0 Å². The average molecular weight is 329 g/mol. The number of amides is 1. The van der Waals surface area contributed by atoms with Crippen molar-refractivity contribution in [1.82, 2.24) is 0 Å². The summed E-state index contributed by atoms with van der Waals surface area (Å²) in [6.45, 7) is 0. The van der Waals surface area contributed by atoms with Crippen LogP contribution < -0.4 is 5.32 Å². The molecule has 0 bridgehead atoms. The van der Waals surface area contributed by atoms with Gasteiger partial charge in [-0.2, -0.15) is 0 Å². The summed E-state index contributed by atoms with van der Waals surface area (Å²) < 4.78 is 26.8. The molecule has 0 saturated carbocycles. The van der Waals surface area contributed by atoms with Crippen LogP contribution >= 0.6 is 26.6 Å². The van der Waals surface area contributed by atoms with Gasteiger partial charge in [0.25, 0.3) is 9.05 Å². The number of benzene rings is 1. The molecule has 1 aromatic carbocycles. The zero-order valence-corrected chi connectivity index (χ0v) is 11.2. The zero-order valence-electron chi connectivity index (χ0n) is 8.03. The van der Waals surface area contributed by atoms with Crippen LogP contribution in [0.5, 0.6) is 0 Å². The van der Waals surface area contributed by atoms with E-state index in [0.29, 0.717) is 10.2 Å². The number of rotatable bonds is 2. The number of methoxy groups -OCH3 is 1. The molecule has 1 N–H and O–H groups in total. The van der Waals surface area contributed by atoms with E-state index in [-0.39, 0.29) is 4.90 Å². The standard InChI is InChI=1S/C8H7BrClNO4S/c1-15-8(12)11-7-3-2-5(4-6(7)9)16(10,13)14/h2-4H,1H3,(H,11,12). The number of hydrogen-bond acceptors (Lipinski definition) is 4. The van der Waals surface area contributed by atoms with Crippen LogP contribution in [0.15, 0.2) is 27.6 Å². The third kappa shape index (κ3) is 3.36. The highest BCUT2D eigenvalue weighted by Gasteiger charge is 2.13. The minimum atomic E-state index is -3.78. The molecule has 0 atom stereocenters. The maximum atomic E-state index is 11.0. The van der Waals surface area contributed by atoms with Gasteiger partial charge in [-0.05, 0) is 34.1 Å². The van der Waals surface area contributed by atoms with Gasteiger partial charge in [0.2, 0.25) is 0 Å². The topological polar surface area (TPSA) is 72.5 Å². The molecule has 0 unspecified atom stereocenters. The largest absolute Gasteiger partial charge is 0.453 e. The van der Waals surface area contributed by atoms with E-state index < -0.39 is 15.1 Å². The third-order valence-corrected chi connectivity index (χ3v) is 3.65. The van der Waals surface area contributed by atoms with Crippen molar-refractivity contribution in [3.63, 3.8) is 0 Å². The van der Waals surface area contributed by atoms with Crippen LogP contribution in [0.2, 0.25) is 0 Å². The fourth-order valence-corrected chi connectivity index (χ4v) is 2.32. The summed E-state index contributed by atoms with van der Waals surface area (Å²) in [5.41, 5.74) is 0.385. The van der Waals surface area contributed by atoms with Crippen molar-refractivity contribution in [2.45, 2.75) is 4.90 Å². The van der Waals surface area contributed by atoms with Crippen molar-refractivity contribution >= 4 is 47.4 Å². The SMILES string of the molecule is COC(=O)Nc1ccc(S(=O)(=O)Cl)cc1Br. The molecule has 1 amide bonds. The van der Waals surface area contributed by atoms with E-state index in [9.17, 15) is 13.2 Å². The summed E-state index contributed by atoms with van der Waals surface area (Å²) in [6, 6.07) is 3.96. The summed E-state index contributed by atoms with van der Waals surface area (Å²) in [5.74, 6) is 0. The van der Waals surface area contributed by atoms with Crippen LogP contribution in [-0.4, -0.2) is 21.6 Å². The van der Waals surface area contributed by atoms with Crippen molar-refractivity contribution in [3.05, 3.63) is 22.7 Å². The van der Waals surface area contributed by atoms with Gasteiger partial charge in [0.1, 0.15) is 0 Å². The van der Waals surface area contributed by atoms with E-state index in [1.165, 1.54) is 25.3 Å². The van der Waals surface area contributed by atoms with Gasteiger partial charge in [0.05, 0.1) is 17.7 Å². The smallest absolute Gasteiger partial charge is 0.411 e. The van der Waals surface area contributed by atoms with E-state index >= 15 is 0 Å². The first kappa shape index (κ1) is 13.3. The summed E-state index contributed by atoms with van der Waals surface area (Å²) in [6.07, 6.45) is -0.651. The van der Waals surface area contributed by atoms with Crippen LogP contribution in [-0.2, 0) is 13.8 Å². The quantitative estimate of drug-likeness (QED) is 0.847. The lowest BCUT2D eigenvalue weighted by atomic mass is 10.3. The van der Waals surface area contributed by atoms with Crippen molar-refractivity contribution in [1.29, 1.82) is 0 Å². The minimum absolute atomic E-state index is 0.0588. The molecule has 0 aliphatic rings. The molecule has 0 radical (unpaired) electrons. The first-order chi connectivity index (χ1) is 7.34. The molecule has 5 nitrogen and oxygen atoms in total. The zero-order chi connectivity index (χ0) is 12.3. The number of nitrogens with one attached hydrogen (secondary N) is 1. The second kappa shape index (κ2) is 5.03. The summed E-state index contributed by atoms with van der Waals surface area (Å²) in [4.78, 5) is 10.9. The highest BCUT2D eigenvalue weighted by molar-refractivity contribution is 9.10. The van der Waals surface area contributed by atoms with Crippen LogP contribution in [0.3, 0.4) is 0 Å². The molecule has 0 aliphatic carbocycles. The fraction of sp³-hybridized carbons (Fsp3) is 0.125. The van der Waals surface area contributed by atoms with Crippen LogP contribution in [0, 0.1) is 0 Å². The lowest BCUT2D eigenvalue weighted by Gasteiger charge is -2.06. The third-order valence-electron chi connectivity index (χ3n) is 1.64. The van der Waals surface area contributed by atoms with Crippen molar-refractivity contribution in [2.24, 2.45) is 0 Å². The summed E-state index contributed by atoms with van der Waals surface area (Å²) in [5, 5.41) is 2.39. The molecule has 0 fully saturated rings. The maximum absolute atomic E-state index is 11.0. The molecule has 0 aromatic heterocycles. The second-order valence-electron chi connectivity index (χ2n) is 2.70. The van der Waals surface area contributed by atoms with Crippen molar-refractivity contribution in [3.8, 4) is 0 Å². The Labute approximate surface area is 105 Å². The number of anilines is 1. The Balaban J connectivity index is 3.06. The van der Waals surface area contributed by atoms with Crippen LogP contribution in [0.4, 0.5) is 10.5 Å². The lowest BCUT2D eigenvalue weighted by Crippen LogP contribution is -2.11. The molecule has 0 spiro atoms. The monoisotopic (exact) mass is 327 g/mol. The van der Waals surface area contributed by atoms with Gasteiger partial charge in [-0.25, -0.2) is 13.2 Å².